The Morgan fingerprint density at radius 3 is 2.48 bits per heavy atom. The first kappa shape index (κ1) is 21.2. The number of aryl methyl sites for hydroxylation is 2. The van der Waals surface area contributed by atoms with E-state index in [4.69, 9.17) is 11.6 Å². The summed E-state index contributed by atoms with van der Waals surface area (Å²) in [6, 6.07) is 15.4. The van der Waals surface area contributed by atoms with E-state index in [-0.39, 0.29) is 11.9 Å². The summed E-state index contributed by atoms with van der Waals surface area (Å²) in [6.45, 7) is 4.53. The lowest BCUT2D eigenvalue weighted by molar-refractivity contribution is -0.131. The number of halogens is 1. The number of carbonyl (C=O) groups excluding carboxylic acids is 2. The van der Waals surface area contributed by atoms with Crippen LogP contribution in [0.2, 0.25) is 5.02 Å². The van der Waals surface area contributed by atoms with Gasteiger partial charge in [-0.1, -0.05) is 47.5 Å². The van der Waals surface area contributed by atoms with Crippen molar-refractivity contribution in [3.8, 4) is 0 Å². The number of nitrogens with one attached hydrogen (secondary N) is 1. The van der Waals surface area contributed by atoms with Crippen LogP contribution in [0.25, 0.3) is 0 Å². The lowest BCUT2D eigenvalue weighted by Gasteiger charge is -2.22. The molecule has 0 aromatic heterocycles. The van der Waals surface area contributed by atoms with Gasteiger partial charge < -0.3 is 15.1 Å². The van der Waals surface area contributed by atoms with E-state index in [2.05, 4.69) is 36.5 Å². The fraction of sp³-hybridized carbons (Fsp3) is 0.391. The molecule has 3 amide bonds. The molecule has 154 valence electrons. The molecular formula is C23H28ClN3O2. The lowest BCUT2D eigenvalue weighted by Crippen LogP contribution is -2.39. The smallest absolute Gasteiger partial charge is 0.321 e. The second-order valence-corrected chi connectivity index (χ2v) is 7.94. The Labute approximate surface area is 177 Å². The van der Waals surface area contributed by atoms with Crippen LogP contribution in [0.1, 0.15) is 30.4 Å². The number of amides is 3. The van der Waals surface area contributed by atoms with Crippen molar-refractivity contribution in [2.45, 2.75) is 32.6 Å². The minimum atomic E-state index is -0.152. The molecular weight excluding hydrogens is 386 g/mol. The zero-order chi connectivity index (χ0) is 20.6. The van der Waals surface area contributed by atoms with Crippen molar-refractivity contribution in [3.05, 3.63) is 64.7 Å². The molecule has 1 saturated heterocycles. The van der Waals surface area contributed by atoms with Crippen LogP contribution < -0.4 is 5.32 Å². The van der Waals surface area contributed by atoms with E-state index in [0.717, 1.165) is 19.3 Å². The average molecular weight is 414 g/mol. The summed E-state index contributed by atoms with van der Waals surface area (Å²) >= 11 is 5.97. The summed E-state index contributed by atoms with van der Waals surface area (Å²) in [5.41, 5.74) is 3.19. The molecule has 0 aliphatic carbocycles. The molecule has 29 heavy (non-hydrogen) atoms. The van der Waals surface area contributed by atoms with Gasteiger partial charge in [0.15, 0.2) is 0 Å². The third kappa shape index (κ3) is 6.50. The van der Waals surface area contributed by atoms with E-state index in [1.165, 1.54) is 11.1 Å². The van der Waals surface area contributed by atoms with Crippen molar-refractivity contribution in [2.75, 3.05) is 31.5 Å². The minimum absolute atomic E-state index is 0.152. The number of benzene rings is 2. The van der Waals surface area contributed by atoms with Crippen molar-refractivity contribution in [1.29, 1.82) is 0 Å². The highest BCUT2D eigenvalue weighted by atomic mass is 35.5. The van der Waals surface area contributed by atoms with E-state index < -0.39 is 0 Å². The molecule has 0 unspecified atom stereocenters. The van der Waals surface area contributed by atoms with Crippen LogP contribution >= 0.6 is 11.6 Å². The van der Waals surface area contributed by atoms with Gasteiger partial charge in [-0.05, 0) is 49.9 Å². The second-order valence-electron chi connectivity index (χ2n) is 7.50. The summed E-state index contributed by atoms with van der Waals surface area (Å²) in [4.78, 5) is 28.8. The highest BCUT2D eigenvalue weighted by Gasteiger charge is 2.21. The predicted octanol–water partition coefficient (Wildman–Crippen LogP) is 4.74. The monoisotopic (exact) mass is 413 g/mol. The number of hydrogen-bond acceptors (Lipinski definition) is 2. The summed E-state index contributed by atoms with van der Waals surface area (Å²) in [7, 11) is 0. The number of anilines is 1. The zero-order valence-corrected chi connectivity index (χ0v) is 17.6. The van der Waals surface area contributed by atoms with Gasteiger partial charge in [-0.2, -0.15) is 0 Å². The van der Waals surface area contributed by atoms with Gasteiger partial charge in [-0.25, -0.2) is 4.79 Å². The Bertz CT molecular complexity index is 838. The molecule has 1 aliphatic rings. The van der Waals surface area contributed by atoms with Gasteiger partial charge in [0.25, 0.3) is 0 Å². The largest absolute Gasteiger partial charge is 0.341 e. The highest BCUT2D eigenvalue weighted by molar-refractivity contribution is 6.30. The quantitative estimate of drug-likeness (QED) is 0.769. The van der Waals surface area contributed by atoms with Crippen molar-refractivity contribution < 1.29 is 9.59 Å². The van der Waals surface area contributed by atoms with Crippen molar-refractivity contribution in [3.63, 3.8) is 0 Å². The number of hydrogen-bond donors (Lipinski definition) is 1. The summed E-state index contributed by atoms with van der Waals surface area (Å²) < 4.78 is 0. The maximum Gasteiger partial charge on any atom is 0.321 e. The van der Waals surface area contributed by atoms with Crippen molar-refractivity contribution in [2.24, 2.45) is 0 Å². The average Bonchev–Trinajstić information content (AvgIpc) is 2.96. The highest BCUT2D eigenvalue weighted by Crippen LogP contribution is 2.16. The molecule has 1 fully saturated rings. The Balaban J connectivity index is 1.44. The molecule has 5 nitrogen and oxygen atoms in total. The first-order valence-electron chi connectivity index (χ1n) is 10.2. The van der Waals surface area contributed by atoms with Gasteiger partial charge in [0.05, 0.1) is 0 Å². The van der Waals surface area contributed by atoms with Gasteiger partial charge in [-0.15, -0.1) is 0 Å². The molecule has 1 aliphatic heterocycles. The second kappa shape index (κ2) is 10.3. The standard InChI is InChI=1S/C23H28ClN3O2/c1-18-9-11-19(12-10-18)5-2-8-22(28)26-13-4-14-27(16-15-26)23(29)25-21-7-3-6-20(24)17-21/h3,6-7,9-12,17H,2,4-5,8,13-16H2,1H3,(H,25,29). The molecule has 2 aromatic carbocycles. The first-order chi connectivity index (χ1) is 14.0. The number of urea groups is 1. The van der Waals surface area contributed by atoms with Crippen LogP contribution in [0.4, 0.5) is 10.5 Å². The van der Waals surface area contributed by atoms with E-state index in [0.29, 0.717) is 43.3 Å². The Morgan fingerprint density at radius 2 is 1.72 bits per heavy atom. The molecule has 6 heteroatoms. The van der Waals surface area contributed by atoms with Crippen LogP contribution in [0.3, 0.4) is 0 Å². The van der Waals surface area contributed by atoms with E-state index in [1.807, 2.05) is 11.0 Å². The van der Waals surface area contributed by atoms with Crippen LogP contribution in [-0.2, 0) is 11.2 Å². The molecule has 2 aromatic rings. The zero-order valence-electron chi connectivity index (χ0n) is 16.9. The molecule has 0 atom stereocenters. The molecule has 1 N–H and O–H groups in total. The third-order valence-electron chi connectivity index (χ3n) is 5.19. The fourth-order valence-electron chi connectivity index (χ4n) is 3.50. The van der Waals surface area contributed by atoms with E-state index >= 15 is 0 Å². The topological polar surface area (TPSA) is 52.7 Å². The van der Waals surface area contributed by atoms with Gasteiger partial charge >= 0.3 is 6.03 Å². The molecule has 0 radical (unpaired) electrons. The summed E-state index contributed by atoms with van der Waals surface area (Å²) in [5, 5.41) is 3.46. The third-order valence-corrected chi connectivity index (χ3v) is 5.42. The summed E-state index contributed by atoms with van der Waals surface area (Å²) in [6.07, 6.45) is 3.08. The fourth-order valence-corrected chi connectivity index (χ4v) is 3.69. The van der Waals surface area contributed by atoms with Gasteiger partial charge in [0.2, 0.25) is 5.91 Å². The molecule has 0 bridgehead atoms. The maximum atomic E-state index is 12.6. The van der Waals surface area contributed by atoms with Crippen LogP contribution in [0.15, 0.2) is 48.5 Å². The van der Waals surface area contributed by atoms with Crippen LogP contribution in [0, 0.1) is 6.92 Å². The van der Waals surface area contributed by atoms with Crippen LogP contribution in [-0.4, -0.2) is 47.9 Å². The Hall–Kier alpha value is -2.53. The van der Waals surface area contributed by atoms with Gasteiger partial charge in [0.1, 0.15) is 0 Å². The number of nitrogens with zero attached hydrogens (tertiary/aromatic N) is 2. The van der Waals surface area contributed by atoms with Crippen molar-refractivity contribution >= 4 is 29.2 Å². The molecule has 3 rings (SSSR count). The maximum absolute atomic E-state index is 12.6. The molecule has 1 heterocycles. The van der Waals surface area contributed by atoms with E-state index in [9.17, 15) is 9.59 Å². The molecule has 0 spiro atoms. The van der Waals surface area contributed by atoms with E-state index in [1.54, 1.807) is 23.1 Å². The number of carbonyl (C=O) groups is 2. The Kier molecular flexibility index (Phi) is 7.53. The summed E-state index contributed by atoms with van der Waals surface area (Å²) in [5.74, 6) is 0.175. The normalized spacial score (nSPS) is 14.4. The van der Waals surface area contributed by atoms with Crippen molar-refractivity contribution in [1.82, 2.24) is 9.80 Å². The Morgan fingerprint density at radius 1 is 1.00 bits per heavy atom. The van der Waals surface area contributed by atoms with Gasteiger partial charge in [-0.3, -0.25) is 4.79 Å². The number of rotatable bonds is 5. The minimum Gasteiger partial charge on any atom is -0.341 e. The lowest BCUT2D eigenvalue weighted by atomic mass is 10.1. The first-order valence-corrected chi connectivity index (χ1v) is 10.5. The van der Waals surface area contributed by atoms with Gasteiger partial charge in [0, 0.05) is 43.3 Å². The van der Waals surface area contributed by atoms with Crippen LogP contribution in [0.5, 0.6) is 0 Å². The SMILES string of the molecule is Cc1ccc(CCCC(=O)N2CCCN(C(=O)Nc3cccc(Cl)c3)CC2)cc1. The molecule has 0 saturated carbocycles. The predicted molar refractivity (Wildman–Crippen MR) is 117 cm³/mol.